The summed E-state index contributed by atoms with van der Waals surface area (Å²) in [6.07, 6.45) is 2.57. The third kappa shape index (κ3) is 4.36. The summed E-state index contributed by atoms with van der Waals surface area (Å²) in [5, 5.41) is 2.53. The van der Waals surface area contributed by atoms with E-state index < -0.39 is 27.7 Å². The predicted octanol–water partition coefficient (Wildman–Crippen LogP) is 3.05. The Morgan fingerprint density at radius 1 is 1.17 bits per heavy atom. The molecule has 1 atom stereocenters. The summed E-state index contributed by atoms with van der Waals surface area (Å²) in [6, 6.07) is 7.89. The molecule has 30 heavy (non-hydrogen) atoms. The number of hydrogen-bond donors (Lipinski definition) is 2. The summed E-state index contributed by atoms with van der Waals surface area (Å²) < 4.78 is 41.6. The van der Waals surface area contributed by atoms with E-state index in [-0.39, 0.29) is 33.3 Å². The van der Waals surface area contributed by atoms with Crippen molar-refractivity contribution in [3.05, 3.63) is 58.9 Å². The molecule has 0 bridgehead atoms. The van der Waals surface area contributed by atoms with Crippen LogP contribution in [0.1, 0.15) is 52.5 Å². The lowest BCUT2D eigenvalue weighted by Crippen LogP contribution is -2.41. The molecule has 3 N–H and O–H groups in total. The fourth-order valence-corrected chi connectivity index (χ4v) is 5.25. The Balaban J connectivity index is 1.90. The van der Waals surface area contributed by atoms with Gasteiger partial charge < -0.3 is 11.1 Å². The van der Waals surface area contributed by atoms with E-state index in [2.05, 4.69) is 5.32 Å². The first-order valence-electron chi connectivity index (χ1n) is 9.64. The topological polar surface area (TPSA) is 110 Å². The van der Waals surface area contributed by atoms with Gasteiger partial charge in [0.05, 0.1) is 4.90 Å². The van der Waals surface area contributed by atoms with E-state index in [1.165, 1.54) is 41.6 Å². The zero-order valence-electron chi connectivity index (χ0n) is 16.8. The van der Waals surface area contributed by atoms with Gasteiger partial charge in [0, 0.05) is 35.0 Å². The first-order valence-corrected chi connectivity index (χ1v) is 11.1. The Hall–Kier alpha value is -2.78. The lowest BCUT2D eigenvalue weighted by Gasteiger charge is -2.32. The van der Waals surface area contributed by atoms with E-state index in [9.17, 15) is 22.4 Å². The Morgan fingerprint density at radius 2 is 1.90 bits per heavy atom. The van der Waals surface area contributed by atoms with Gasteiger partial charge >= 0.3 is 0 Å². The zero-order chi connectivity index (χ0) is 22.1. The van der Waals surface area contributed by atoms with Crippen LogP contribution in [-0.4, -0.2) is 37.1 Å². The molecule has 2 amide bonds. The second kappa shape index (κ2) is 8.53. The number of hydrogen-bond acceptors (Lipinski definition) is 4. The van der Waals surface area contributed by atoms with Gasteiger partial charge in [-0.3, -0.25) is 9.59 Å². The number of amides is 2. The molecule has 2 aromatic rings. The number of anilines is 1. The van der Waals surface area contributed by atoms with E-state index in [1.807, 2.05) is 6.92 Å². The van der Waals surface area contributed by atoms with Crippen LogP contribution in [0.3, 0.4) is 0 Å². The molecule has 160 valence electrons. The third-order valence-electron chi connectivity index (χ3n) is 5.32. The highest BCUT2D eigenvalue weighted by Gasteiger charge is 2.31. The van der Waals surface area contributed by atoms with Crippen LogP contribution in [0.25, 0.3) is 0 Å². The number of carbonyl (C=O) groups excluding carboxylic acids is 2. The SMILES string of the molecule is Cc1c(F)cc(C(N)=O)cc1NC(=O)c1cccc(S(=O)(=O)N2CCCCC2C)c1. The monoisotopic (exact) mass is 433 g/mol. The Kier molecular flexibility index (Phi) is 6.23. The number of benzene rings is 2. The maximum absolute atomic E-state index is 14.1. The number of piperidine rings is 1. The van der Waals surface area contributed by atoms with E-state index in [0.29, 0.717) is 6.54 Å². The molecule has 0 aromatic heterocycles. The zero-order valence-corrected chi connectivity index (χ0v) is 17.6. The number of rotatable bonds is 5. The first-order chi connectivity index (χ1) is 14.1. The molecular weight excluding hydrogens is 409 g/mol. The van der Waals surface area contributed by atoms with Crippen LogP contribution in [0, 0.1) is 12.7 Å². The van der Waals surface area contributed by atoms with Crippen LogP contribution < -0.4 is 11.1 Å². The normalized spacial score (nSPS) is 17.5. The smallest absolute Gasteiger partial charge is 0.255 e. The highest BCUT2D eigenvalue weighted by atomic mass is 32.2. The van der Waals surface area contributed by atoms with Crippen LogP contribution in [0.15, 0.2) is 41.3 Å². The minimum absolute atomic E-state index is 0.0256. The Morgan fingerprint density at radius 3 is 2.57 bits per heavy atom. The molecule has 0 radical (unpaired) electrons. The van der Waals surface area contributed by atoms with E-state index in [0.717, 1.165) is 25.3 Å². The lowest BCUT2D eigenvalue weighted by molar-refractivity contribution is 0.0995. The molecule has 2 aromatic carbocycles. The average molecular weight is 434 g/mol. The van der Waals surface area contributed by atoms with Gasteiger partial charge in [-0.2, -0.15) is 4.31 Å². The average Bonchev–Trinajstić information content (AvgIpc) is 2.71. The summed E-state index contributed by atoms with van der Waals surface area (Å²) in [7, 11) is -3.74. The summed E-state index contributed by atoms with van der Waals surface area (Å²) in [5.41, 5.74) is 5.45. The molecule has 9 heteroatoms. The number of nitrogens with zero attached hydrogens (tertiary/aromatic N) is 1. The molecule has 1 fully saturated rings. The molecule has 1 heterocycles. The molecule has 0 saturated carbocycles. The summed E-state index contributed by atoms with van der Waals surface area (Å²) in [4.78, 5) is 24.1. The van der Waals surface area contributed by atoms with Gasteiger partial charge in [0.15, 0.2) is 0 Å². The number of primary amides is 1. The van der Waals surface area contributed by atoms with E-state index in [4.69, 9.17) is 5.73 Å². The third-order valence-corrected chi connectivity index (χ3v) is 7.33. The van der Waals surface area contributed by atoms with Gasteiger partial charge in [0.1, 0.15) is 5.82 Å². The fraction of sp³-hybridized carbons (Fsp3) is 0.333. The fourth-order valence-electron chi connectivity index (χ4n) is 3.51. The number of halogens is 1. The van der Waals surface area contributed by atoms with Crippen molar-refractivity contribution in [1.82, 2.24) is 4.31 Å². The predicted molar refractivity (Wildman–Crippen MR) is 111 cm³/mol. The number of carbonyl (C=O) groups is 2. The van der Waals surface area contributed by atoms with Crippen molar-refractivity contribution in [3.8, 4) is 0 Å². The summed E-state index contributed by atoms with van der Waals surface area (Å²) in [6.45, 7) is 3.77. The van der Waals surface area contributed by atoms with Gasteiger partial charge in [-0.1, -0.05) is 12.5 Å². The van der Waals surface area contributed by atoms with Gasteiger partial charge in [-0.05, 0) is 57.0 Å². The minimum Gasteiger partial charge on any atom is -0.366 e. The van der Waals surface area contributed by atoms with Crippen LogP contribution in [0.4, 0.5) is 10.1 Å². The van der Waals surface area contributed by atoms with E-state index >= 15 is 0 Å². The van der Waals surface area contributed by atoms with Gasteiger partial charge in [-0.25, -0.2) is 12.8 Å². The van der Waals surface area contributed by atoms with Crippen LogP contribution in [0.2, 0.25) is 0 Å². The maximum atomic E-state index is 14.1. The second-order valence-electron chi connectivity index (χ2n) is 7.44. The Bertz CT molecular complexity index is 1100. The van der Waals surface area contributed by atoms with Crippen molar-refractivity contribution in [2.24, 2.45) is 5.73 Å². The van der Waals surface area contributed by atoms with Crippen molar-refractivity contribution in [3.63, 3.8) is 0 Å². The number of nitrogens with one attached hydrogen (secondary N) is 1. The molecule has 0 aliphatic carbocycles. The second-order valence-corrected chi connectivity index (χ2v) is 9.33. The molecule has 1 unspecified atom stereocenters. The van der Waals surface area contributed by atoms with Gasteiger partial charge in [0.2, 0.25) is 15.9 Å². The quantitative estimate of drug-likeness (QED) is 0.755. The number of sulfonamides is 1. The van der Waals surface area contributed by atoms with Crippen LogP contribution >= 0.6 is 0 Å². The highest BCUT2D eigenvalue weighted by Crippen LogP contribution is 2.26. The molecule has 1 aliphatic heterocycles. The van der Waals surface area contributed by atoms with Gasteiger partial charge in [-0.15, -0.1) is 0 Å². The van der Waals surface area contributed by atoms with E-state index in [1.54, 1.807) is 0 Å². The summed E-state index contributed by atoms with van der Waals surface area (Å²) in [5.74, 6) is -2.13. The highest BCUT2D eigenvalue weighted by molar-refractivity contribution is 7.89. The van der Waals surface area contributed by atoms with Crippen molar-refractivity contribution in [2.45, 2.75) is 44.0 Å². The molecule has 0 spiro atoms. The van der Waals surface area contributed by atoms with Crippen LogP contribution in [-0.2, 0) is 10.0 Å². The first kappa shape index (κ1) is 21.9. The van der Waals surface area contributed by atoms with Crippen molar-refractivity contribution in [1.29, 1.82) is 0 Å². The molecule has 3 rings (SSSR count). The minimum atomic E-state index is -3.74. The van der Waals surface area contributed by atoms with Crippen molar-refractivity contribution in [2.75, 3.05) is 11.9 Å². The van der Waals surface area contributed by atoms with Crippen LogP contribution in [0.5, 0.6) is 0 Å². The van der Waals surface area contributed by atoms with Crippen molar-refractivity contribution >= 4 is 27.5 Å². The lowest BCUT2D eigenvalue weighted by atomic mass is 10.1. The van der Waals surface area contributed by atoms with Crippen molar-refractivity contribution < 1.29 is 22.4 Å². The maximum Gasteiger partial charge on any atom is 0.255 e. The summed E-state index contributed by atoms with van der Waals surface area (Å²) >= 11 is 0. The standard InChI is InChI=1S/C21H24FN3O4S/c1-13-6-3-4-9-25(13)30(28,29)17-8-5-7-15(10-17)21(27)24-19-12-16(20(23)26)11-18(22)14(19)2/h5,7-8,10-13H,3-4,6,9H2,1-2H3,(H2,23,26)(H,24,27). The van der Waals surface area contributed by atoms with Gasteiger partial charge in [0.25, 0.3) is 5.91 Å². The Labute approximate surface area is 175 Å². The molecular formula is C21H24FN3O4S. The molecule has 1 aliphatic rings. The molecule has 1 saturated heterocycles. The largest absolute Gasteiger partial charge is 0.366 e. The number of nitrogens with two attached hydrogens (primary N) is 1. The molecule has 7 nitrogen and oxygen atoms in total.